The van der Waals surface area contributed by atoms with Gasteiger partial charge in [0.2, 0.25) is 5.89 Å². The Hall–Kier alpha value is -6.50. The van der Waals surface area contributed by atoms with Crippen LogP contribution >= 0.6 is 11.3 Å². The molecule has 0 spiro atoms. The van der Waals surface area contributed by atoms with Crippen LogP contribution in [0.4, 0.5) is 0 Å². The lowest BCUT2D eigenvalue weighted by molar-refractivity contribution is 0.620. The Morgan fingerprint density at radius 3 is 1.78 bits per heavy atom. The van der Waals surface area contributed by atoms with Gasteiger partial charge in [-0.05, 0) is 58.3 Å². The highest BCUT2D eigenvalue weighted by molar-refractivity contribution is 7.26. The molecule has 0 N–H and O–H groups in total. The van der Waals surface area contributed by atoms with Gasteiger partial charge in [-0.15, -0.1) is 11.3 Å². The van der Waals surface area contributed by atoms with Gasteiger partial charge in [0, 0.05) is 36.9 Å². The summed E-state index contributed by atoms with van der Waals surface area (Å²) in [5, 5.41) is 4.50. The highest BCUT2D eigenvalue weighted by atomic mass is 32.1. The van der Waals surface area contributed by atoms with Gasteiger partial charge in [0.1, 0.15) is 5.52 Å². The quantitative estimate of drug-likeness (QED) is 0.184. The third-order valence-corrected chi connectivity index (χ3v) is 10.3. The van der Waals surface area contributed by atoms with E-state index in [1.54, 1.807) is 11.3 Å². The molecule has 5 nitrogen and oxygen atoms in total. The number of rotatable bonds is 5. The molecule has 0 amide bonds. The van der Waals surface area contributed by atoms with Crippen LogP contribution in [-0.2, 0) is 0 Å². The van der Waals surface area contributed by atoms with Crippen molar-refractivity contribution in [1.29, 1.82) is 0 Å². The summed E-state index contributed by atoms with van der Waals surface area (Å²) in [4.78, 5) is 20.4. The average molecular weight is 659 g/mol. The highest BCUT2D eigenvalue weighted by Gasteiger charge is 2.23. The molecule has 0 aliphatic carbocycles. The second-order valence-electron chi connectivity index (χ2n) is 12.3. The first-order chi connectivity index (χ1) is 24.7. The van der Waals surface area contributed by atoms with Crippen LogP contribution in [0.15, 0.2) is 162 Å². The zero-order valence-electron chi connectivity index (χ0n) is 26.6. The highest BCUT2D eigenvalue weighted by Crippen LogP contribution is 2.43. The molecule has 0 bridgehead atoms. The summed E-state index contributed by atoms with van der Waals surface area (Å²) in [5.74, 6) is 2.28. The molecule has 0 aliphatic heterocycles. The van der Waals surface area contributed by atoms with E-state index < -0.39 is 0 Å². The van der Waals surface area contributed by atoms with Crippen molar-refractivity contribution in [2.75, 3.05) is 0 Å². The van der Waals surface area contributed by atoms with Gasteiger partial charge in [0.25, 0.3) is 0 Å². The predicted molar refractivity (Wildman–Crippen MR) is 205 cm³/mol. The van der Waals surface area contributed by atoms with Crippen molar-refractivity contribution in [3.63, 3.8) is 0 Å². The molecule has 3 aromatic heterocycles. The molecule has 0 unspecified atom stereocenters. The van der Waals surface area contributed by atoms with Crippen molar-refractivity contribution in [3.05, 3.63) is 158 Å². The summed E-state index contributed by atoms with van der Waals surface area (Å²) >= 11 is 1.74. The van der Waals surface area contributed by atoms with Gasteiger partial charge in [0.05, 0.1) is 5.56 Å². The van der Waals surface area contributed by atoms with Crippen molar-refractivity contribution in [1.82, 2.24) is 19.9 Å². The molecular weight excluding hydrogens is 633 g/mol. The molecule has 6 heteroatoms. The van der Waals surface area contributed by atoms with Crippen LogP contribution in [0, 0.1) is 0 Å². The predicted octanol–water partition coefficient (Wildman–Crippen LogP) is 11.9. The lowest BCUT2D eigenvalue weighted by Crippen LogP contribution is -2.00. The number of nitrogens with zero attached hydrogens (tertiary/aromatic N) is 4. The number of hydrogen-bond donors (Lipinski definition) is 0. The summed E-state index contributed by atoms with van der Waals surface area (Å²) in [6, 6.07) is 54.1. The van der Waals surface area contributed by atoms with Crippen molar-refractivity contribution < 1.29 is 4.42 Å². The van der Waals surface area contributed by atoms with Crippen LogP contribution in [0.3, 0.4) is 0 Å². The number of hydrogen-bond acceptors (Lipinski definition) is 6. The van der Waals surface area contributed by atoms with Gasteiger partial charge < -0.3 is 4.42 Å². The normalized spacial score (nSPS) is 11.6. The van der Waals surface area contributed by atoms with Crippen molar-refractivity contribution in [2.24, 2.45) is 0 Å². The molecule has 0 fully saturated rings. The van der Waals surface area contributed by atoms with Gasteiger partial charge in [-0.1, -0.05) is 121 Å². The standard InChI is InChI=1S/C44H26N4OS/c1-4-12-27(13-5-1)31-22-20-28-21-23-32(25-33(28)24-31)42-46-41(29-14-6-2-7-15-29)47-43(48-42)35-26-37-38(34-18-10-11-19-36(34)50-37)39-40(35)49-44(45-39)30-16-8-3-9-17-30/h1-26H. The number of benzene rings is 7. The lowest BCUT2D eigenvalue weighted by atomic mass is 10.00. The Morgan fingerprint density at radius 2 is 1.02 bits per heavy atom. The van der Waals surface area contributed by atoms with Gasteiger partial charge in [-0.3, -0.25) is 0 Å². The third-order valence-electron chi connectivity index (χ3n) is 9.14. The largest absolute Gasteiger partial charge is 0.435 e. The van der Waals surface area contributed by atoms with Crippen molar-refractivity contribution in [3.8, 4) is 56.7 Å². The molecule has 0 saturated heterocycles. The fourth-order valence-electron chi connectivity index (χ4n) is 6.69. The maximum Gasteiger partial charge on any atom is 0.227 e. The third kappa shape index (κ3) is 4.85. The first-order valence-electron chi connectivity index (χ1n) is 16.5. The summed E-state index contributed by atoms with van der Waals surface area (Å²) in [6.07, 6.45) is 0. The van der Waals surface area contributed by atoms with Gasteiger partial charge in [0.15, 0.2) is 23.1 Å². The Kier molecular flexibility index (Phi) is 6.60. The molecule has 0 radical (unpaired) electrons. The van der Waals surface area contributed by atoms with E-state index in [9.17, 15) is 0 Å². The van der Waals surface area contributed by atoms with Crippen molar-refractivity contribution >= 4 is 53.4 Å². The van der Waals surface area contributed by atoms with E-state index in [1.165, 1.54) is 10.3 Å². The molecule has 0 atom stereocenters. The summed E-state index contributed by atoms with van der Waals surface area (Å²) < 4.78 is 8.96. The molecule has 234 valence electrons. The van der Waals surface area contributed by atoms with Crippen LogP contribution in [0.2, 0.25) is 0 Å². The molecule has 3 heterocycles. The molecule has 7 aromatic carbocycles. The van der Waals surface area contributed by atoms with Gasteiger partial charge >= 0.3 is 0 Å². The van der Waals surface area contributed by atoms with Crippen LogP contribution in [0.25, 0.3) is 98.8 Å². The average Bonchev–Trinajstić information content (AvgIpc) is 3.80. The first kappa shape index (κ1) is 28.5. The number of aromatic nitrogens is 4. The minimum Gasteiger partial charge on any atom is -0.435 e. The van der Waals surface area contributed by atoms with E-state index in [1.807, 2.05) is 66.7 Å². The Bertz CT molecular complexity index is 2860. The van der Waals surface area contributed by atoms with E-state index in [2.05, 4.69) is 91.0 Å². The first-order valence-corrected chi connectivity index (χ1v) is 17.3. The Morgan fingerprint density at radius 1 is 0.420 bits per heavy atom. The van der Waals surface area contributed by atoms with E-state index in [0.717, 1.165) is 59.6 Å². The minimum absolute atomic E-state index is 0.534. The van der Waals surface area contributed by atoms with Crippen LogP contribution in [-0.4, -0.2) is 19.9 Å². The zero-order chi connectivity index (χ0) is 33.0. The minimum atomic E-state index is 0.534. The SMILES string of the molecule is c1ccc(-c2ccc3ccc(-c4nc(-c5ccccc5)nc(-c5cc6sc7ccccc7c6c6nc(-c7ccccc7)oc56)n4)cc3c2)cc1. The fraction of sp³-hybridized carbons (Fsp3) is 0. The number of oxazole rings is 1. The molecule has 0 saturated carbocycles. The topological polar surface area (TPSA) is 64.7 Å². The molecular formula is C44H26N4OS. The zero-order valence-corrected chi connectivity index (χ0v) is 27.4. The fourth-order valence-corrected chi connectivity index (χ4v) is 7.84. The van der Waals surface area contributed by atoms with Crippen LogP contribution in [0.5, 0.6) is 0 Å². The lowest BCUT2D eigenvalue weighted by Gasteiger charge is -2.10. The molecule has 10 rings (SSSR count). The summed E-state index contributed by atoms with van der Waals surface area (Å²) in [5.41, 5.74) is 7.30. The second kappa shape index (κ2) is 11.6. The second-order valence-corrected chi connectivity index (χ2v) is 13.4. The molecule has 50 heavy (non-hydrogen) atoms. The van der Waals surface area contributed by atoms with Crippen LogP contribution < -0.4 is 0 Å². The van der Waals surface area contributed by atoms with E-state index >= 15 is 0 Å². The van der Waals surface area contributed by atoms with Crippen molar-refractivity contribution in [2.45, 2.75) is 0 Å². The Labute approximate surface area is 291 Å². The maximum atomic E-state index is 6.66. The maximum absolute atomic E-state index is 6.66. The summed E-state index contributed by atoms with van der Waals surface area (Å²) in [6.45, 7) is 0. The number of fused-ring (bicyclic) bond motifs is 6. The summed E-state index contributed by atoms with van der Waals surface area (Å²) in [7, 11) is 0. The van der Waals surface area contributed by atoms with E-state index in [0.29, 0.717) is 28.9 Å². The molecule has 10 aromatic rings. The molecule has 0 aliphatic rings. The van der Waals surface area contributed by atoms with Crippen LogP contribution in [0.1, 0.15) is 0 Å². The van der Waals surface area contributed by atoms with Gasteiger partial charge in [-0.2, -0.15) is 0 Å². The Balaban J connectivity index is 1.22. The monoisotopic (exact) mass is 658 g/mol. The van der Waals surface area contributed by atoms with Gasteiger partial charge in [-0.25, -0.2) is 19.9 Å². The number of thiophene rings is 1. The van der Waals surface area contributed by atoms with E-state index in [4.69, 9.17) is 24.4 Å². The van der Waals surface area contributed by atoms with E-state index in [-0.39, 0.29) is 0 Å². The smallest absolute Gasteiger partial charge is 0.227 e.